The number of thiophene rings is 1. The van der Waals surface area contributed by atoms with E-state index in [2.05, 4.69) is 38.7 Å². The first-order valence-electron chi connectivity index (χ1n) is 11.5. The molecule has 0 unspecified atom stereocenters. The van der Waals surface area contributed by atoms with E-state index in [-0.39, 0.29) is 23.6 Å². The normalized spacial score (nSPS) is 14.9. The summed E-state index contributed by atoms with van der Waals surface area (Å²) in [6.07, 6.45) is 2.81. The highest BCUT2D eigenvalue weighted by Crippen LogP contribution is 2.39. The van der Waals surface area contributed by atoms with E-state index in [9.17, 15) is 9.18 Å². The second kappa shape index (κ2) is 8.97. The van der Waals surface area contributed by atoms with Crippen molar-refractivity contribution in [3.8, 4) is 10.6 Å². The number of rotatable bonds is 5. The SMILES string of the molecule is Cc1c(-c2nc(Nc3ccc(N4CCN(C)CC4=O)cn3)ncc2F)sc2c1nc(C)n2C(C)C. The van der Waals surface area contributed by atoms with Gasteiger partial charge in [0.25, 0.3) is 0 Å². The van der Waals surface area contributed by atoms with Gasteiger partial charge >= 0.3 is 0 Å². The number of aryl methyl sites for hydroxylation is 2. The van der Waals surface area contributed by atoms with Crippen molar-refractivity contribution < 1.29 is 9.18 Å². The van der Waals surface area contributed by atoms with Crippen LogP contribution in [0, 0.1) is 19.7 Å². The maximum atomic E-state index is 14.8. The van der Waals surface area contributed by atoms with Crippen molar-refractivity contribution >= 4 is 45.0 Å². The minimum atomic E-state index is -0.493. The lowest BCUT2D eigenvalue weighted by Crippen LogP contribution is -2.48. The van der Waals surface area contributed by atoms with Crippen molar-refractivity contribution in [3.05, 3.63) is 41.7 Å². The van der Waals surface area contributed by atoms with Gasteiger partial charge in [-0.15, -0.1) is 11.3 Å². The predicted molar refractivity (Wildman–Crippen MR) is 136 cm³/mol. The Kier molecular flexibility index (Phi) is 5.97. The summed E-state index contributed by atoms with van der Waals surface area (Å²) in [4.78, 5) is 35.5. The van der Waals surface area contributed by atoms with E-state index in [4.69, 9.17) is 4.98 Å². The third-order valence-electron chi connectivity index (χ3n) is 6.12. The van der Waals surface area contributed by atoms with Crippen molar-refractivity contribution in [2.45, 2.75) is 33.7 Å². The summed E-state index contributed by atoms with van der Waals surface area (Å²) in [6.45, 7) is 9.95. The fraction of sp³-hybridized carbons (Fsp3) is 0.375. The Morgan fingerprint density at radius 3 is 2.60 bits per heavy atom. The molecule has 1 aliphatic heterocycles. The fourth-order valence-corrected chi connectivity index (χ4v) is 5.79. The zero-order valence-corrected chi connectivity index (χ0v) is 21.1. The zero-order valence-electron chi connectivity index (χ0n) is 20.3. The topological polar surface area (TPSA) is 92.1 Å². The van der Waals surface area contributed by atoms with Gasteiger partial charge in [-0.2, -0.15) is 0 Å². The molecule has 1 amide bonds. The van der Waals surface area contributed by atoms with E-state index < -0.39 is 5.82 Å². The highest BCUT2D eigenvalue weighted by atomic mass is 32.1. The molecule has 0 aliphatic carbocycles. The summed E-state index contributed by atoms with van der Waals surface area (Å²) in [5, 5.41) is 3.05. The van der Waals surface area contributed by atoms with Crippen LogP contribution in [0.25, 0.3) is 20.9 Å². The number of anilines is 3. The molecule has 182 valence electrons. The molecule has 35 heavy (non-hydrogen) atoms. The number of hydrogen-bond donors (Lipinski definition) is 1. The van der Waals surface area contributed by atoms with Crippen LogP contribution >= 0.6 is 11.3 Å². The standard InChI is InChI=1S/C24H27FN8OS/c1-13(2)33-15(4)28-20-14(3)22(35-23(20)33)21-17(25)11-27-24(30-21)29-18-7-6-16(10-26-18)32-9-8-31(5)12-19(32)34/h6-7,10-11,13H,8-9,12H2,1-5H3,(H,26,27,29,30). The van der Waals surface area contributed by atoms with Crippen LogP contribution in [0.4, 0.5) is 21.8 Å². The lowest BCUT2D eigenvalue weighted by atomic mass is 10.2. The molecule has 4 aromatic heterocycles. The number of halogens is 1. The van der Waals surface area contributed by atoms with E-state index in [0.717, 1.165) is 38.8 Å². The number of nitrogens with one attached hydrogen (secondary N) is 1. The Morgan fingerprint density at radius 2 is 1.91 bits per heavy atom. The molecule has 1 saturated heterocycles. The number of likely N-dealkylation sites (N-methyl/N-ethyl adjacent to an activating group) is 1. The van der Waals surface area contributed by atoms with Gasteiger partial charge in [-0.3, -0.25) is 9.69 Å². The summed E-state index contributed by atoms with van der Waals surface area (Å²) in [5.74, 6) is 1.23. The van der Waals surface area contributed by atoms with Crippen molar-refractivity contribution in [3.63, 3.8) is 0 Å². The molecule has 0 spiro atoms. The number of hydrogen-bond acceptors (Lipinski definition) is 8. The summed E-state index contributed by atoms with van der Waals surface area (Å²) >= 11 is 1.49. The quantitative estimate of drug-likeness (QED) is 0.442. The molecule has 1 N–H and O–H groups in total. The highest BCUT2D eigenvalue weighted by Gasteiger charge is 2.24. The lowest BCUT2D eigenvalue weighted by molar-refractivity contribution is -0.120. The molecular formula is C24H27FN8OS. The van der Waals surface area contributed by atoms with Gasteiger partial charge < -0.3 is 14.8 Å². The Labute approximate surface area is 206 Å². The van der Waals surface area contributed by atoms with Gasteiger partial charge in [0, 0.05) is 19.1 Å². The predicted octanol–water partition coefficient (Wildman–Crippen LogP) is 4.31. The molecule has 0 bridgehead atoms. The second-order valence-electron chi connectivity index (χ2n) is 9.03. The van der Waals surface area contributed by atoms with E-state index in [1.54, 1.807) is 17.2 Å². The second-order valence-corrected chi connectivity index (χ2v) is 10.0. The molecule has 0 radical (unpaired) electrons. The van der Waals surface area contributed by atoms with Crippen molar-refractivity contribution in [1.82, 2.24) is 29.4 Å². The van der Waals surface area contributed by atoms with E-state index in [1.807, 2.05) is 31.9 Å². The molecule has 0 saturated carbocycles. The van der Waals surface area contributed by atoms with E-state index in [0.29, 0.717) is 18.9 Å². The Balaban J connectivity index is 1.41. The minimum absolute atomic E-state index is 0.0431. The number of imidazole rings is 1. The van der Waals surface area contributed by atoms with Crippen LogP contribution in [-0.4, -0.2) is 62.0 Å². The summed E-state index contributed by atoms with van der Waals surface area (Å²) in [7, 11) is 1.93. The molecular weight excluding hydrogens is 467 g/mol. The van der Waals surface area contributed by atoms with Gasteiger partial charge in [0.1, 0.15) is 27.7 Å². The van der Waals surface area contributed by atoms with Crippen LogP contribution in [0.3, 0.4) is 0 Å². The summed E-state index contributed by atoms with van der Waals surface area (Å²) in [5.41, 5.74) is 2.74. The van der Waals surface area contributed by atoms with Gasteiger partial charge in [0.2, 0.25) is 11.9 Å². The number of carbonyl (C=O) groups excluding carboxylic acids is 1. The number of pyridine rings is 1. The van der Waals surface area contributed by atoms with Crippen LogP contribution in [0.1, 0.15) is 31.3 Å². The van der Waals surface area contributed by atoms with Gasteiger partial charge in [-0.1, -0.05) is 0 Å². The number of aromatic nitrogens is 5. The van der Waals surface area contributed by atoms with Crippen LogP contribution in [0.15, 0.2) is 24.5 Å². The number of piperazine rings is 1. The first-order chi connectivity index (χ1) is 16.7. The molecule has 5 rings (SSSR count). The minimum Gasteiger partial charge on any atom is -0.317 e. The van der Waals surface area contributed by atoms with Gasteiger partial charge in [-0.25, -0.2) is 24.3 Å². The maximum Gasteiger partial charge on any atom is 0.241 e. The van der Waals surface area contributed by atoms with Gasteiger partial charge in [-0.05, 0) is 52.4 Å². The monoisotopic (exact) mass is 494 g/mol. The molecule has 1 fully saturated rings. The number of carbonyl (C=O) groups is 1. The van der Waals surface area contributed by atoms with E-state index >= 15 is 0 Å². The molecule has 5 heterocycles. The molecule has 11 heteroatoms. The molecule has 4 aromatic rings. The summed E-state index contributed by atoms with van der Waals surface area (Å²) in [6, 6.07) is 3.84. The first kappa shape index (κ1) is 23.3. The van der Waals surface area contributed by atoms with Crippen LogP contribution in [0.5, 0.6) is 0 Å². The zero-order chi connectivity index (χ0) is 24.9. The third-order valence-corrected chi connectivity index (χ3v) is 7.41. The Morgan fingerprint density at radius 1 is 1.11 bits per heavy atom. The average molecular weight is 495 g/mol. The van der Waals surface area contributed by atoms with Gasteiger partial charge in [0.15, 0.2) is 5.82 Å². The lowest BCUT2D eigenvalue weighted by Gasteiger charge is -2.31. The van der Waals surface area contributed by atoms with Crippen molar-refractivity contribution in [1.29, 1.82) is 0 Å². The maximum absolute atomic E-state index is 14.8. The molecule has 0 aromatic carbocycles. The highest BCUT2D eigenvalue weighted by molar-refractivity contribution is 7.22. The van der Waals surface area contributed by atoms with Crippen LogP contribution in [-0.2, 0) is 4.79 Å². The van der Waals surface area contributed by atoms with E-state index in [1.165, 1.54) is 17.5 Å². The average Bonchev–Trinajstić information content (AvgIpc) is 3.30. The number of nitrogens with zero attached hydrogens (tertiary/aromatic N) is 7. The van der Waals surface area contributed by atoms with Crippen molar-refractivity contribution in [2.24, 2.45) is 0 Å². The van der Waals surface area contributed by atoms with Crippen LogP contribution < -0.4 is 10.2 Å². The fourth-order valence-electron chi connectivity index (χ4n) is 4.37. The first-order valence-corrected chi connectivity index (χ1v) is 12.3. The smallest absolute Gasteiger partial charge is 0.241 e. The molecule has 9 nitrogen and oxygen atoms in total. The Hall–Kier alpha value is -3.44. The molecule has 1 aliphatic rings. The Bertz CT molecular complexity index is 1410. The summed E-state index contributed by atoms with van der Waals surface area (Å²) < 4.78 is 17.0. The third kappa shape index (κ3) is 4.25. The largest absolute Gasteiger partial charge is 0.317 e. The van der Waals surface area contributed by atoms with Crippen LogP contribution in [0.2, 0.25) is 0 Å². The molecule has 0 atom stereocenters. The number of amides is 1. The van der Waals surface area contributed by atoms with Gasteiger partial charge in [0.05, 0.1) is 29.5 Å². The van der Waals surface area contributed by atoms with Crippen molar-refractivity contribution in [2.75, 3.05) is 36.9 Å². The number of fused-ring (bicyclic) bond motifs is 1.